The highest BCUT2D eigenvalue weighted by molar-refractivity contribution is 5.81. The lowest BCUT2D eigenvalue weighted by molar-refractivity contribution is -0.137. The minimum absolute atomic E-state index is 0.0721. The standard InChI is InChI=1S/C18H23F3N2O2/c1-2-25-15-8-7-13(18(19,20)21)9-14(15)22-10-16(24)23-17(11-3-4-11)12-5-6-12/h7-9,11-12,17,22H,2-6,10H2,1H3,(H,23,24). The topological polar surface area (TPSA) is 50.4 Å². The molecule has 0 heterocycles. The van der Waals surface area contributed by atoms with E-state index in [1.165, 1.54) is 6.07 Å². The summed E-state index contributed by atoms with van der Waals surface area (Å²) in [5.41, 5.74) is -0.589. The molecule has 4 nitrogen and oxygen atoms in total. The molecule has 0 aromatic heterocycles. The lowest BCUT2D eigenvalue weighted by Gasteiger charge is -2.19. The quantitative estimate of drug-likeness (QED) is 0.744. The van der Waals surface area contributed by atoms with Crippen molar-refractivity contribution in [1.82, 2.24) is 5.32 Å². The molecule has 7 heteroatoms. The van der Waals surface area contributed by atoms with Gasteiger partial charge in [0.1, 0.15) is 5.75 Å². The number of carbonyl (C=O) groups is 1. The summed E-state index contributed by atoms with van der Waals surface area (Å²) in [5, 5.41) is 5.84. The maximum atomic E-state index is 12.9. The third kappa shape index (κ3) is 4.80. The van der Waals surface area contributed by atoms with Gasteiger partial charge in [-0.3, -0.25) is 4.79 Å². The molecule has 2 aliphatic rings. The van der Waals surface area contributed by atoms with E-state index in [2.05, 4.69) is 10.6 Å². The first-order valence-corrected chi connectivity index (χ1v) is 8.75. The second-order valence-corrected chi connectivity index (χ2v) is 6.76. The third-order valence-corrected chi connectivity index (χ3v) is 4.63. The summed E-state index contributed by atoms with van der Waals surface area (Å²) < 4.78 is 44.1. The maximum absolute atomic E-state index is 12.9. The van der Waals surface area contributed by atoms with Crippen LogP contribution in [0.4, 0.5) is 18.9 Å². The van der Waals surface area contributed by atoms with Crippen LogP contribution in [0.3, 0.4) is 0 Å². The Kier molecular flexibility index (Phi) is 5.11. The molecule has 0 unspecified atom stereocenters. The zero-order valence-electron chi connectivity index (χ0n) is 14.2. The van der Waals surface area contributed by atoms with Crippen LogP contribution in [-0.2, 0) is 11.0 Å². The minimum Gasteiger partial charge on any atom is -0.492 e. The van der Waals surface area contributed by atoms with Crippen molar-refractivity contribution in [2.24, 2.45) is 11.8 Å². The molecule has 1 aromatic rings. The van der Waals surface area contributed by atoms with Crippen molar-refractivity contribution in [1.29, 1.82) is 0 Å². The van der Waals surface area contributed by atoms with Gasteiger partial charge in [0, 0.05) is 6.04 Å². The number of hydrogen-bond acceptors (Lipinski definition) is 3. The van der Waals surface area contributed by atoms with E-state index in [4.69, 9.17) is 4.74 Å². The highest BCUT2D eigenvalue weighted by atomic mass is 19.4. The van der Waals surface area contributed by atoms with E-state index in [0.717, 1.165) is 37.8 Å². The van der Waals surface area contributed by atoms with Crippen LogP contribution in [0.15, 0.2) is 18.2 Å². The van der Waals surface area contributed by atoms with E-state index < -0.39 is 11.7 Å². The average molecular weight is 356 g/mol. The second-order valence-electron chi connectivity index (χ2n) is 6.76. The number of amides is 1. The van der Waals surface area contributed by atoms with Crippen LogP contribution in [0.25, 0.3) is 0 Å². The van der Waals surface area contributed by atoms with E-state index in [-0.39, 0.29) is 24.2 Å². The molecule has 25 heavy (non-hydrogen) atoms. The summed E-state index contributed by atoms with van der Waals surface area (Å²) in [6.07, 6.45) is 0.161. The van der Waals surface area contributed by atoms with Crippen molar-refractivity contribution in [2.75, 3.05) is 18.5 Å². The lowest BCUT2D eigenvalue weighted by atomic mass is 10.1. The first-order valence-electron chi connectivity index (χ1n) is 8.75. The Labute approximate surface area is 145 Å². The number of halogens is 3. The SMILES string of the molecule is CCOc1ccc(C(F)(F)F)cc1NCC(=O)NC(C1CC1)C1CC1. The van der Waals surface area contributed by atoms with Crippen molar-refractivity contribution >= 4 is 11.6 Å². The van der Waals surface area contributed by atoms with Gasteiger partial charge in [-0.1, -0.05) is 0 Å². The number of alkyl halides is 3. The van der Waals surface area contributed by atoms with E-state index >= 15 is 0 Å². The molecule has 2 saturated carbocycles. The van der Waals surface area contributed by atoms with Crippen LogP contribution < -0.4 is 15.4 Å². The average Bonchev–Trinajstić information content (AvgIpc) is 3.44. The normalized spacial score (nSPS) is 17.5. The van der Waals surface area contributed by atoms with E-state index in [0.29, 0.717) is 24.2 Å². The molecule has 0 radical (unpaired) electrons. The summed E-state index contributed by atoms with van der Waals surface area (Å²) in [4.78, 5) is 12.2. The van der Waals surface area contributed by atoms with Gasteiger partial charge in [-0.05, 0) is 62.6 Å². The van der Waals surface area contributed by atoms with Crippen LogP contribution in [-0.4, -0.2) is 25.1 Å². The smallest absolute Gasteiger partial charge is 0.416 e. The number of carbonyl (C=O) groups excluding carboxylic acids is 1. The van der Waals surface area contributed by atoms with Gasteiger partial charge in [0.15, 0.2) is 0 Å². The molecule has 1 aromatic carbocycles. The number of hydrogen-bond donors (Lipinski definition) is 2. The molecular formula is C18H23F3N2O2. The molecule has 2 N–H and O–H groups in total. The highest BCUT2D eigenvalue weighted by Crippen LogP contribution is 2.44. The van der Waals surface area contributed by atoms with E-state index in [9.17, 15) is 18.0 Å². The van der Waals surface area contributed by atoms with Gasteiger partial charge in [0.25, 0.3) is 0 Å². The van der Waals surface area contributed by atoms with Crippen molar-refractivity contribution in [3.8, 4) is 5.75 Å². The Morgan fingerprint density at radius 2 is 1.88 bits per heavy atom. The van der Waals surface area contributed by atoms with E-state index in [1.807, 2.05) is 0 Å². The minimum atomic E-state index is -4.44. The van der Waals surface area contributed by atoms with Crippen molar-refractivity contribution < 1.29 is 22.7 Å². The summed E-state index contributed by atoms with van der Waals surface area (Å²) >= 11 is 0. The molecule has 2 aliphatic carbocycles. The molecule has 2 fully saturated rings. The van der Waals surface area contributed by atoms with Crippen molar-refractivity contribution in [2.45, 2.75) is 44.8 Å². The fraction of sp³-hybridized carbons (Fsp3) is 0.611. The molecule has 0 saturated heterocycles. The zero-order valence-corrected chi connectivity index (χ0v) is 14.2. The van der Waals surface area contributed by atoms with Gasteiger partial charge in [-0.2, -0.15) is 13.2 Å². The highest BCUT2D eigenvalue weighted by Gasteiger charge is 2.42. The van der Waals surface area contributed by atoms with Gasteiger partial charge < -0.3 is 15.4 Å². The number of rotatable bonds is 8. The Morgan fingerprint density at radius 3 is 2.40 bits per heavy atom. The molecule has 0 atom stereocenters. The number of benzene rings is 1. The third-order valence-electron chi connectivity index (χ3n) is 4.63. The summed E-state index contributed by atoms with van der Waals surface area (Å²) in [6, 6.07) is 3.47. The lowest BCUT2D eigenvalue weighted by Crippen LogP contribution is -2.41. The van der Waals surface area contributed by atoms with Crippen molar-refractivity contribution in [3.05, 3.63) is 23.8 Å². The van der Waals surface area contributed by atoms with Gasteiger partial charge in [0.2, 0.25) is 5.91 Å². The molecular weight excluding hydrogens is 333 g/mol. The molecule has 0 aliphatic heterocycles. The predicted octanol–water partition coefficient (Wildman–Crippen LogP) is 3.82. The van der Waals surface area contributed by atoms with Crippen LogP contribution in [0.1, 0.15) is 38.2 Å². The van der Waals surface area contributed by atoms with Crippen molar-refractivity contribution in [3.63, 3.8) is 0 Å². The van der Waals surface area contributed by atoms with Gasteiger partial charge in [0.05, 0.1) is 24.4 Å². The number of nitrogens with one attached hydrogen (secondary N) is 2. The van der Waals surface area contributed by atoms with E-state index in [1.54, 1.807) is 6.92 Å². The molecule has 0 bridgehead atoms. The maximum Gasteiger partial charge on any atom is 0.416 e. The summed E-state index contributed by atoms with van der Waals surface area (Å²) in [5.74, 6) is 1.26. The van der Waals surface area contributed by atoms with Gasteiger partial charge in [-0.25, -0.2) is 0 Å². The fourth-order valence-corrected chi connectivity index (χ4v) is 3.07. The van der Waals surface area contributed by atoms with Crippen LogP contribution >= 0.6 is 0 Å². The fourth-order valence-electron chi connectivity index (χ4n) is 3.07. The Bertz CT molecular complexity index is 613. The predicted molar refractivity (Wildman–Crippen MR) is 88.5 cm³/mol. The van der Waals surface area contributed by atoms with Crippen LogP contribution in [0.5, 0.6) is 5.75 Å². The van der Waals surface area contributed by atoms with Crippen LogP contribution in [0.2, 0.25) is 0 Å². The van der Waals surface area contributed by atoms with Gasteiger partial charge >= 0.3 is 6.18 Å². The Hall–Kier alpha value is -1.92. The molecule has 1 amide bonds. The first-order chi connectivity index (χ1) is 11.9. The Balaban J connectivity index is 1.63. The van der Waals surface area contributed by atoms with Crippen LogP contribution in [0, 0.1) is 11.8 Å². The molecule has 3 rings (SSSR count). The molecule has 0 spiro atoms. The largest absolute Gasteiger partial charge is 0.492 e. The Morgan fingerprint density at radius 1 is 1.24 bits per heavy atom. The zero-order chi connectivity index (χ0) is 18.0. The van der Waals surface area contributed by atoms with Gasteiger partial charge in [-0.15, -0.1) is 0 Å². The molecule has 138 valence electrons. The summed E-state index contributed by atoms with van der Waals surface area (Å²) in [6.45, 7) is 2.01. The summed E-state index contributed by atoms with van der Waals surface area (Å²) in [7, 11) is 0. The first kappa shape index (κ1) is 17.9. The second kappa shape index (κ2) is 7.14. The number of ether oxygens (including phenoxy) is 1. The number of anilines is 1. The monoisotopic (exact) mass is 356 g/mol.